The van der Waals surface area contributed by atoms with Crippen LogP contribution in [0.2, 0.25) is 0 Å². The summed E-state index contributed by atoms with van der Waals surface area (Å²) in [6.07, 6.45) is 0.433. The molecule has 7 heteroatoms. The molecule has 1 aliphatic rings. The van der Waals surface area contributed by atoms with Gasteiger partial charge in [0, 0.05) is 24.2 Å². The Kier molecular flexibility index (Phi) is 5.47. The van der Waals surface area contributed by atoms with E-state index in [4.69, 9.17) is 4.52 Å². The highest BCUT2D eigenvalue weighted by Gasteiger charge is 2.36. The first kappa shape index (κ1) is 20.3. The van der Waals surface area contributed by atoms with Crippen molar-refractivity contribution in [1.82, 2.24) is 10.1 Å². The van der Waals surface area contributed by atoms with Gasteiger partial charge in [0.15, 0.2) is 21.3 Å². The maximum absolute atomic E-state index is 13.3. The predicted molar refractivity (Wildman–Crippen MR) is 115 cm³/mol. The Morgan fingerprint density at radius 1 is 1.10 bits per heavy atom. The fourth-order valence-corrected chi connectivity index (χ4v) is 5.45. The van der Waals surface area contributed by atoms with Crippen molar-refractivity contribution in [2.24, 2.45) is 0 Å². The molecule has 30 heavy (non-hydrogen) atoms. The maximum Gasteiger partial charge on any atom is 0.276 e. The molecule has 3 aromatic rings. The number of aryl methyl sites for hydroxylation is 2. The summed E-state index contributed by atoms with van der Waals surface area (Å²) in [6.45, 7) is 4.38. The number of rotatable bonds is 5. The highest BCUT2D eigenvalue weighted by Crippen LogP contribution is 2.26. The molecule has 0 bridgehead atoms. The van der Waals surface area contributed by atoms with Crippen LogP contribution in [0, 0.1) is 13.8 Å². The van der Waals surface area contributed by atoms with Crippen LogP contribution in [0.1, 0.15) is 33.6 Å². The number of hydrogen-bond acceptors (Lipinski definition) is 5. The lowest BCUT2D eigenvalue weighted by Gasteiger charge is -2.27. The number of benzene rings is 2. The zero-order valence-electron chi connectivity index (χ0n) is 17.0. The van der Waals surface area contributed by atoms with Crippen LogP contribution < -0.4 is 0 Å². The van der Waals surface area contributed by atoms with Crippen molar-refractivity contribution in [3.8, 4) is 11.3 Å². The Morgan fingerprint density at radius 2 is 1.87 bits per heavy atom. The average Bonchev–Trinajstić information content (AvgIpc) is 3.35. The lowest BCUT2D eigenvalue weighted by Crippen LogP contribution is -2.40. The standard InChI is InChI=1S/C23H24N2O4S/c1-16-8-9-19(12-17(16)2)22-13-21(24-29-22)23(26)25(14-18-6-4-3-5-7-18)20-10-11-30(27,28)15-20/h3-9,12-13,20H,10-11,14-15H2,1-2H3. The molecule has 0 radical (unpaired) electrons. The molecule has 1 unspecified atom stereocenters. The summed E-state index contributed by atoms with van der Waals surface area (Å²) in [6, 6.07) is 16.7. The number of carbonyl (C=O) groups excluding carboxylic acids is 1. The molecule has 1 aromatic heterocycles. The smallest absolute Gasteiger partial charge is 0.276 e. The first-order valence-electron chi connectivity index (χ1n) is 9.92. The lowest BCUT2D eigenvalue weighted by atomic mass is 10.0. The van der Waals surface area contributed by atoms with Gasteiger partial charge in [0.2, 0.25) is 0 Å². The molecule has 6 nitrogen and oxygen atoms in total. The van der Waals surface area contributed by atoms with Gasteiger partial charge in [-0.05, 0) is 43.0 Å². The van der Waals surface area contributed by atoms with Crippen LogP contribution in [0.15, 0.2) is 59.1 Å². The van der Waals surface area contributed by atoms with E-state index in [0.29, 0.717) is 18.7 Å². The summed E-state index contributed by atoms with van der Waals surface area (Å²) >= 11 is 0. The Labute approximate surface area is 176 Å². The number of aromatic nitrogens is 1. The molecule has 1 atom stereocenters. The van der Waals surface area contributed by atoms with Crippen LogP contribution >= 0.6 is 0 Å². The van der Waals surface area contributed by atoms with E-state index in [9.17, 15) is 13.2 Å². The van der Waals surface area contributed by atoms with Crippen molar-refractivity contribution < 1.29 is 17.7 Å². The fourth-order valence-electron chi connectivity index (χ4n) is 3.72. The molecule has 2 aromatic carbocycles. The number of hydrogen-bond donors (Lipinski definition) is 0. The minimum atomic E-state index is -3.13. The first-order chi connectivity index (χ1) is 14.3. The van der Waals surface area contributed by atoms with Crippen molar-refractivity contribution in [2.45, 2.75) is 32.9 Å². The normalized spacial score (nSPS) is 17.7. The zero-order chi connectivity index (χ0) is 21.3. The number of amides is 1. The molecule has 1 aliphatic heterocycles. The monoisotopic (exact) mass is 424 g/mol. The third kappa shape index (κ3) is 4.31. The molecular formula is C23H24N2O4S. The second-order valence-electron chi connectivity index (χ2n) is 7.85. The molecule has 1 saturated heterocycles. The molecule has 4 rings (SSSR count). The van der Waals surface area contributed by atoms with Gasteiger partial charge in [-0.1, -0.05) is 47.6 Å². The SMILES string of the molecule is Cc1ccc(-c2cc(C(=O)N(Cc3ccccc3)C3CCS(=O)(=O)C3)no2)cc1C. The Balaban J connectivity index is 1.63. The number of sulfone groups is 1. The van der Waals surface area contributed by atoms with Gasteiger partial charge in [-0.25, -0.2) is 8.42 Å². The van der Waals surface area contributed by atoms with Crippen LogP contribution in [0.3, 0.4) is 0 Å². The van der Waals surface area contributed by atoms with Crippen molar-refractivity contribution >= 4 is 15.7 Å². The van der Waals surface area contributed by atoms with Gasteiger partial charge in [0.05, 0.1) is 11.5 Å². The minimum Gasteiger partial charge on any atom is -0.355 e. The Morgan fingerprint density at radius 3 is 2.53 bits per heavy atom. The second kappa shape index (κ2) is 8.07. The Hall–Kier alpha value is -2.93. The maximum atomic E-state index is 13.3. The van der Waals surface area contributed by atoms with E-state index >= 15 is 0 Å². The predicted octanol–water partition coefficient (Wildman–Crippen LogP) is 3.79. The molecule has 0 aliphatic carbocycles. The van der Waals surface area contributed by atoms with Crippen LogP contribution in [0.5, 0.6) is 0 Å². The highest BCUT2D eigenvalue weighted by molar-refractivity contribution is 7.91. The molecule has 2 heterocycles. The van der Waals surface area contributed by atoms with E-state index in [1.165, 1.54) is 5.56 Å². The summed E-state index contributed by atoms with van der Waals surface area (Å²) in [4.78, 5) is 14.9. The van der Waals surface area contributed by atoms with Crippen LogP contribution in [0.4, 0.5) is 0 Å². The van der Waals surface area contributed by atoms with Gasteiger partial charge < -0.3 is 9.42 Å². The summed E-state index contributed by atoms with van der Waals surface area (Å²) < 4.78 is 29.5. The van der Waals surface area contributed by atoms with Crippen molar-refractivity contribution in [2.75, 3.05) is 11.5 Å². The van der Waals surface area contributed by atoms with Crippen LogP contribution in [0.25, 0.3) is 11.3 Å². The Bertz CT molecular complexity index is 1170. The molecule has 0 N–H and O–H groups in total. The third-order valence-corrected chi connectivity index (χ3v) is 7.38. The van der Waals surface area contributed by atoms with Gasteiger partial charge in [0.25, 0.3) is 5.91 Å². The van der Waals surface area contributed by atoms with Gasteiger partial charge >= 0.3 is 0 Å². The number of nitrogens with zero attached hydrogens (tertiary/aromatic N) is 2. The summed E-state index contributed by atoms with van der Waals surface area (Å²) in [5.74, 6) is 0.274. The number of carbonyl (C=O) groups is 1. The second-order valence-corrected chi connectivity index (χ2v) is 10.1. The largest absolute Gasteiger partial charge is 0.355 e. The molecule has 156 valence electrons. The lowest BCUT2D eigenvalue weighted by molar-refractivity contribution is 0.0670. The highest BCUT2D eigenvalue weighted by atomic mass is 32.2. The zero-order valence-corrected chi connectivity index (χ0v) is 17.9. The topological polar surface area (TPSA) is 80.5 Å². The minimum absolute atomic E-state index is 0.0204. The van der Waals surface area contributed by atoms with Crippen molar-refractivity contribution in [1.29, 1.82) is 0 Å². The van der Waals surface area contributed by atoms with Gasteiger partial charge in [-0.2, -0.15) is 0 Å². The summed E-state index contributed by atoms with van der Waals surface area (Å²) in [5.41, 5.74) is 4.27. The van der Waals surface area contributed by atoms with Gasteiger partial charge in [0.1, 0.15) is 0 Å². The van der Waals surface area contributed by atoms with E-state index in [2.05, 4.69) is 5.16 Å². The van der Waals surface area contributed by atoms with Crippen LogP contribution in [-0.4, -0.2) is 41.9 Å². The summed E-state index contributed by atoms with van der Waals surface area (Å²) in [7, 11) is -3.13. The third-order valence-electron chi connectivity index (χ3n) is 5.63. The quantitative estimate of drug-likeness (QED) is 0.623. The molecule has 0 saturated carbocycles. The van der Waals surface area contributed by atoms with E-state index in [1.807, 2.05) is 62.4 Å². The fraction of sp³-hybridized carbons (Fsp3) is 0.304. The molecule has 0 spiro atoms. The molecular weight excluding hydrogens is 400 g/mol. The summed E-state index contributed by atoms with van der Waals surface area (Å²) in [5, 5.41) is 4.00. The van der Waals surface area contributed by atoms with Crippen LogP contribution in [-0.2, 0) is 16.4 Å². The van der Waals surface area contributed by atoms with Gasteiger partial charge in [-0.15, -0.1) is 0 Å². The van der Waals surface area contributed by atoms with E-state index in [0.717, 1.165) is 16.7 Å². The van der Waals surface area contributed by atoms with E-state index < -0.39 is 9.84 Å². The van der Waals surface area contributed by atoms with Gasteiger partial charge in [-0.3, -0.25) is 4.79 Å². The van der Waals surface area contributed by atoms with Crippen molar-refractivity contribution in [3.05, 3.63) is 77.0 Å². The molecule has 1 amide bonds. The average molecular weight is 425 g/mol. The van der Waals surface area contributed by atoms with E-state index in [-0.39, 0.29) is 29.1 Å². The van der Waals surface area contributed by atoms with Crippen molar-refractivity contribution in [3.63, 3.8) is 0 Å². The first-order valence-corrected chi connectivity index (χ1v) is 11.7. The van der Waals surface area contributed by atoms with E-state index in [1.54, 1.807) is 11.0 Å². The molecule has 1 fully saturated rings.